The predicted molar refractivity (Wildman–Crippen MR) is 58.4 cm³/mol. The van der Waals surface area contributed by atoms with Crippen molar-refractivity contribution in [2.24, 2.45) is 0 Å². The van der Waals surface area contributed by atoms with E-state index in [0.717, 1.165) is 21.9 Å². The predicted octanol–water partition coefficient (Wildman–Crippen LogP) is 3.69. The summed E-state index contributed by atoms with van der Waals surface area (Å²) >= 11 is 3.45. The summed E-state index contributed by atoms with van der Waals surface area (Å²) in [5.74, 6) is 0.454. The summed E-state index contributed by atoms with van der Waals surface area (Å²) in [6.45, 7) is 6.18. The molecule has 1 aromatic carbocycles. The van der Waals surface area contributed by atoms with Gasteiger partial charge in [-0.2, -0.15) is 0 Å². The van der Waals surface area contributed by atoms with Crippen molar-refractivity contribution in [1.29, 1.82) is 0 Å². The maximum absolute atomic E-state index is 10.7. The summed E-state index contributed by atoms with van der Waals surface area (Å²) < 4.78 is 1.01. The van der Waals surface area contributed by atoms with Crippen molar-refractivity contribution in [3.8, 4) is 0 Å². The SMILES string of the molecule is Cc1c(Br)cc(C(C)C)cc1C=O. The Hall–Kier alpha value is -0.630. The molecule has 0 saturated carbocycles. The molecule has 2 heteroatoms. The van der Waals surface area contributed by atoms with E-state index in [9.17, 15) is 4.79 Å². The van der Waals surface area contributed by atoms with Crippen LogP contribution in [0, 0.1) is 6.92 Å². The van der Waals surface area contributed by atoms with E-state index in [4.69, 9.17) is 0 Å². The van der Waals surface area contributed by atoms with Gasteiger partial charge in [0.2, 0.25) is 0 Å². The highest BCUT2D eigenvalue weighted by Gasteiger charge is 2.06. The van der Waals surface area contributed by atoms with Crippen molar-refractivity contribution in [2.75, 3.05) is 0 Å². The fourth-order valence-electron chi connectivity index (χ4n) is 1.18. The van der Waals surface area contributed by atoms with Gasteiger partial charge in [-0.05, 0) is 36.1 Å². The van der Waals surface area contributed by atoms with E-state index < -0.39 is 0 Å². The van der Waals surface area contributed by atoms with E-state index in [2.05, 4.69) is 35.8 Å². The van der Waals surface area contributed by atoms with Crippen LogP contribution < -0.4 is 0 Å². The summed E-state index contributed by atoms with van der Waals surface area (Å²) in [7, 11) is 0. The molecule has 1 aromatic rings. The van der Waals surface area contributed by atoms with Gasteiger partial charge in [0.15, 0.2) is 0 Å². The molecule has 0 atom stereocenters. The minimum Gasteiger partial charge on any atom is -0.298 e. The Bertz CT molecular complexity index is 329. The number of halogens is 1. The van der Waals surface area contributed by atoms with E-state index in [-0.39, 0.29) is 0 Å². The van der Waals surface area contributed by atoms with E-state index in [1.54, 1.807) is 0 Å². The molecule has 0 aliphatic rings. The molecule has 0 fully saturated rings. The van der Waals surface area contributed by atoms with Crippen LogP contribution in [-0.2, 0) is 0 Å². The quantitative estimate of drug-likeness (QED) is 0.721. The van der Waals surface area contributed by atoms with Gasteiger partial charge in [-0.1, -0.05) is 29.8 Å². The van der Waals surface area contributed by atoms with Crippen LogP contribution in [-0.4, -0.2) is 6.29 Å². The van der Waals surface area contributed by atoms with Gasteiger partial charge in [-0.25, -0.2) is 0 Å². The van der Waals surface area contributed by atoms with Gasteiger partial charge >= 0.3 is 0 Å². The smallest absolute Gasteiger partial charge is 0.150 e. The monoisotopic (exact) mass is 240 g/mol. The van der Waals surface area contributed by atoms with Gasteiger partial charge in [0, 0.05) is 10.0 Å². The molecule has 0 heterocycles. The minimum absolute atomic E-state index is 0.454. The molecule has 0 amide bonds. The average Bonchev–Trinajstić information content (AvgIpc) is 2.09. The molecule has 13 heavy (non-hydrogen) atoms. The maximum atomic E-state index is 10.7. The van der Waals surface area contributed by atoms with Gasteiger partial charge in [0.25, 0.3) is 0 Å². The van der Waals surface area contributed by atoms with Crippen LogP contribution in [0.25, 0.3) is 0 Å². The Morgan fingerprint density at radius 2 is 2.00 bits per heavy atom. The molecule has 0 aliphatic carbocycles. The van der Waals surface area contributed by atoms with Crippen molar-refractivity contribution in [1.82, 2.24) is 0 Å². The van der Waals surface area contributed by atoms with E-state index >= 15 is 0 Å². The molecular weight excluding hydrogens is 228 g/mol. The Balaban J connectivity index is 3.30. The first-order valence-electron chi connectivity index (χ1n) is 4.31. The molecule has 0 aromatic heterocycles. The lowest BCUT2D eigenvalue weighted by Gasteiger charge is -2.09. The van der Waals surface area contributed by atoms with Gasteiger partial charge in [0.1, 0.15) is 6.29 Å². The first kappa shape index (κ1) is 10.5. The van der Waals surface area contributed by atoms with E-state index in [1.807, 2.05) is 13.0 Å². The molecule has 1 nitrogen and oxygen atoms in total. The summed E-state index contributed by atoms with van der Waals surface area (Å²) in [5.41, 5.74) is 2.98. The van der Waals surface area contributed by atoms with Crippen molar-refractivity contribution in [3.05, 3.63) is 33.3 Å². The number of rotatable bonds is 2. The molecule has 1 rings (SSSR count). The van der Waals surface area contributed by atoms with Crippen molar-refractivity contribution in [2.45, 2.75) is 26.7 Å². The highest BCUT2D eigenvalue weighted by Crippen LogP contribution is 2.25. The summed E-state index contributed by atoms with van der Waals surface area (Å²) in [5, 5.41) is 0. The molecule has 0 bridgehead atoms. The number of carbonyl (C=O) groups excluding carboxylic acids is 1. The molecule has 0 N–H and O–H groups in total. The molecule has 0 spiro atoms. The zero-order valence-electron chi connectivity index (χ0n) is 8.10. The number of carbonyl (C=O) groups is 1. The summed E-state index contributed by atoms with van der Waals surface area (Å²) in [4.78, 5) is 10.7. The van der Waals surface area contributed by atoms with Crippen molar-refractivity contribution < 1.29 is 4.79 Å². The second kappa shape index (κ2) is 4.05. The van der Waals surface area contributed by atoms with Crippen LogP contribution in [0.15, 0.2) is 16.6 Å². The van der Waals surface area contributed by atoms with E-state index in [1.165, 1.54) is 5.56 Å². The second-order valence-corrected chi connectivity index (χ2v) is 4.34. The lowest BCUT2D eigenvalue weighted by molar-refractivity contribution is 0.112. The fourth-order valence-corrected chi connectivity index (χ4v) is 1.67. The fraction of sp³-hybridized carbons (Fsp3) is 0.364. The van der Waals surface area contributed by atoms with Crippen LogP contribution in [0.1, 0.15) is 41.3 Å². The molecular formula is C11H13BrO. The Morgan fingerprint density at radius 1 is 1.38 bits per heavy atom. The third kappa shape index (κ3) is 2.19. The Kier molecular flexibility index (Phi) is 3.26. The Morgan fingerprint density at radius 3 is 2.46 bits per heavy atom. The summed E-state index contributed by atoms with van der Waals surface area (Å²) in [6.07, 6.45) is 0.909. The lowest BCUT2D eigenvalue weighted by atomic mass is 9.98. The van der Waals surface area contributed by atoms with Crippen LogP contribution >= 0.6 is 15.9 Å². The van der Waals surface area contributed by atoms with Gasteiger partial charge in [-0.15, -0.1) is 0 Å². The molecule has 0 saturated heterocycles. The number of benzene rings is 1. The van der Waals surface area contributed by atoms with Gasteiger partial charge < -0.3 is 0 Å². The number of hydrogen-bond donors (Lipinski definition) is 0. The molecule has 0 radical (unpaired) electrons. The van der Waals surface area contributed by atoms with Crippen molar-refractivity contribution in [3.63, 3.8) is 0 Å². The molecule has 0 unspecified atom stereocenters. The normalized spacial score (nSPS) is 10.5. The molecule has 0 aliphatic heterocycles. The zero-order chi connectivity index (χ0) is 10.0. The number of aldehydes is 1. The summed E-state index contributed by atoms with van der Waals surface area (Å²) in [6, 6.07) is 4.03. The largest absolute Gasteiger partial charge is 0.298 e. The second-order valence-electron chi connectivity index (χ2n) is 3.49. The average molecular weight is 241 g/mol. The zero-order valence-corrected chi connectivity index (χ0v) is 9.68. The van der Waals surface area contributed by atoms with Crippen LogP contribution in [0.4, 0.5) is 0 Å². The van der Waals surface area contributed by atoms with Crippen molar-refractivity contribution >= 4 is 22.2 Å². The Labute approximate surface area is 87.3 Å². The lowest BCUT2D eigenvalue weighted by Crippen LogP contribution is -1.94. The van der Waals surface area contributed by atoms with Gasteiger partial charge in [-0.3, -0.25) is 4.79 Å². The highest BCUT2D eigenvalue weighted by molar-refractivity contribution is 9.10. The third-order valence-corrected chi connectivity index (χ3v) is 3.02. The first-order valence-corrected chi connectivity index (χ1v) is 5.10. The standard InChI is InChI=1S/C11H13BrO/c1-7(2)9-4-10(6-13)8(3)11(12)5-9/h4-7H,1-3H3. The first-order chi connectivity index (χ1) is 6.06. The van der Waals surface area contributed by atoms with Crippen LogP contribution in [0.5, 0.6) is 0 Å². The molecule has 70 valence electrons. The van der Waals surface area contributed by atoms with Gasteiger partial charge in [0.05, 0.1) is 0 Å². The highest BCUT2D eigenvalue weighted by atomic mass is 79.9. The van der Waals surface area contributed by atoms with E-state index in [0.29, 0.717) is 5.92 Å². The third-order valence-electron chi connectivity index (χ3n) is 2.20. The van der Waals surface area contributed by atoms with Crippen LogP contribution in [0.2, 0.25) is 0 Å². The van der Waals surface area contributed by atoms with Crippen LogP contribution in [0.3, 0.4) is 0 Å². The topological polar surface area (TPSA) is 17.1 Å². The minimum atomic E-state index is 0.454. The maximum Gasteiger partial charge on any atom is 0.150 e. The number of hydrogen-bond acceptors (Lipinski definition) is 1.